The monoisotopic (exact) mass is 364 g/mol. The number of hydrogen-bond acceptors (Lipinski definition) is 0. The van der Waals surface area contributed by atoms with Crippen LogP contribution in [-0.2, 0) is 20.5 Å². The Kier molecular flexibility index (Phi) is 3.00. The smallest absolute Gasteiger partial charge is 0.290 e. The Morgan fingerprint density at radius 3 is 2.64 bits per heavy atom. The van der Waals surface area contributed by atoms with Crippen LogP contribution in [0.4, 0.5) is 0 Å². The number of pyridine rings is 1. The second-order valence-corrected chi connectivity index (χ2v) is 7.95. The van der Waals surface area contributed by atoms with Gasteiger partial charge in [0.15, 0.2) is 11.0 Å². The van der Waals surface area contributed by atoms with Crippen molar-refractivity contribution in [2.24, 2.45) is 14.1 Å². The zero-order valence-electron chi connectivity index (χ0n) is 16.4. The summed E-state index contributed by atoms with van der Waals surface area (Å²) >= 11 is 0. The van der Waals surface area contributed by atoms with Crippen molar-refractivity contribution in [3.8, 4) is 22.5 Å². The van der Waals surface area contributed by atoms with Crippen LogP contribution in [0.25, 0.3) is 39.1 Å². The fraction of sp³-hybridized carbons (Fsp3) is 0.160. The lowest BCUT2D eigenvalue weighted by Crippen LogP contribution is -2.30. The van der Waals surface area contributed by atoms with Gasteiger partial charge in [0, 0.05) is 29.9 Å². The van der Waals surface area contributed by atoms with Gasteiger partial charge in [0.05, 0.1) is 19.7 Å². The van der Waals surface area contributed by atoms with E-state index in [9.17, 15) is 0 Å². The first-order chi connectivity index (χ1) is 13.6. The average Bonchev–Trinajstić information content (AvgIpc) is 3.36. The predicted octanol–water partition coefficient (Wildman–Crippen LogP) is 4.80. The predicted molar refractivity (Wildman–Crippen MR) is 113 cm³/mol. The van der Waals surface area contributed by atoms with Gasteiger partial charge in [-0.3, -0.25) is 0 Å². The minimum atomic E-state index is 1.000. The molecule has 3 heterocycles. The van der Waals surface area contributed by atoms with Crippen molar-refractivity contribution >= 4 is 16.6 Å². The molecule has 2 aromatic carbocycles. The molecule has 0 fully saturated rings. The van der Waals surface area contributed by atoms with Crippen molar-refractivity contribution in [1.29, 1.82) is 0 Å². The third-order valence-electron chi connectivity index (χ3n) is 6.36. The Labute approximate surface area is 164 Å². The first kappa shape index (κ1) is 15.7. The Hall–Kier alpha value is -3.33. The van der Waals surface area contributed by atoms with Crippen molar-refractivity contribution in [3.63, 3.8) is 0 Å². The lowest BCUT2D eigenvalue weighted by Gasteiger charge is -2.11. The number of hydrogen-bond donors (Lipinski definition) is 0. The largest absolute Gasteiger partial charge is 0.324 e. The van der Waals surface area contributed by atoms with Crippen LogP contribution < -0.4 is 4.57 Å². The number of aryl methyl sites for hydroxylation is 3. The minimum absolute atomic E-state index is 1.000. The van der Waals surface area contributed by atoms with Crippen molar-refractivity contribution in [1.82, 2.24) is 8.97 Å². The first-order valence-corrected chi connectivity index (χ1v) is 9.80. The number of aromatic nitrogens is 3. The number of fused-ring (bicyclic) bond motifs is 5. The second-order valence-electron chi connectivity index (χ2n) is 7.95. The van der Waals surface area contributed by atoms with Gasteiger partial charge < -0.3 is 4.40 Å². The number of imidazole rings is 1. The summed E-state index contributed by atoms with van der Waals surface area (Å²) in [5.41, 5.74) is 12.1. The Balaban J connectivity index is 1.73. The topological polar surface area (TPSA) is 13.2 Å². The first-order valence-electron chi connectivity index (χ1n) is 9.80. The SMILES string of the molecule is Cc1ccc2c(c1-c1n(C)c3ccccc3[n+]1C)-c1cc3cccn3cc1C2. The van der Waals surface area contributed by atoms with Gasteiger partial charge in [-0.1, -0.05) is 24.3 Å². The highest BCUT2D eigenvalue weighted by atomic mass is 15.1. The van der Waals surface area contributed by atoms with E-state index in [0.717, 1.165) is 6.42 Å². The molecule has 0 aliphatic heterocycles. The van der Waals surface area contributed by atoms with E-state index in [0.29, 0.717) is 0 Å². The number of benzene rings is 2. The molecule has 3 nitrogen and oxygen atoms in total. The molecule has 3 aromatic heterocycles. The molecule has 28 heavy (non-hydrogen) atoms. The molecular formula is C25H22N3+. The van der Waals surface area contributed by atoms with Crippen molar-refractivity contribution < 1.29 is 4.57 Å². The maximum Gasteiger partial charge on any atom is 0.290 e. The Morgan fingerprint density at radius 1 is 0.929 bits per heavy atom. The molecule has 5 aromatic rings. The van der Waals surface area contributed by atoms with E-state index in [1.165, 1.54) is 55.8 Å². The van der Waals surface area contributed by atoms with Crippen LogP contribution in [0.15, 0.2) is 67.0 Å². The molecule has 0 saturated carbocycles. The Morgan fingerprint density at radius 2 is 1.79 bits per heavy atom. The molecule has 0 N–H and O–H groups in total. The highest BCUT2D eigenvalue weighted by molar-refractivity contribution is 5.92. The van der Waals surface area contributed by atoms with Gasteiger partial charge in [0.25, 0.3) is 5.82 Å². The van der Waals surface area contributed by atoms with Gasteiger partial charge in [0.1, 0.15) is 0 Å². The van der Waals surface area contributed by atoms with E-state index in [2.05, 4.69) is 102 Å². The van der Waals surface area contributed by atoms with Crippen LogP contribution in [-0.4, -0.2) is 8.97 Å². The van der Waals surface area contributed by atoms with Gasteiger partial charge in [-0.2, -0.15) is 0 Å². The third kappa shape index (κ3) is 1.91. The molecule has 0 saturated heterocycles. The van der Waals surface area contributed by atoms with E-state index >= 15 is 0 Å². The van der Waals surface area contributed by atoms with Gasteiger partial charge in [-0.15, -0.1) is 0 Å². The fourth-order valence-electron chi connectivity index (χ4n) is 5.02. The molecule has 136 valence electrons. The molecule has 0 bridgehead atoms. The summed E-state index contributed by atoms with van der Waals surface area (Å²) in [5.74, 6) is 1.26. The molecule has 1 aliphatic rings. The standard InChI is InChI=1S/C25H22N3/c1-16-10-11-17-13-18-15-28-12-6-7-19(28)14-20(18)24(17)23(16)25-26(2)21-8-4-5-9-22(21)27(25)3/h4-12,14-15H,13H2,1-3H3/q+1. The highest BCUT2D eigenvalue weighted by Crippen LogP contribution is 2.44. The number of rotatable bonds is 1. The van der Waals surface area contributed by atoms with E-state index in [4.69, 9.17) is 0 Å². The normalized spacial score (nSPS) is 12.7. The summed E-state index contributed by atoms with van der Waals surface area (Å²) in [5, 5.41) is 0. The average molecular weight is 364 g/mol. The molecular weight excluding hydrogens is 342 g/mol. The molecule has 3 heteroatoms. The summed E-state index contributed by atoms with van der Waals surface area (Å²) < 4.78 is 6.91. The Bertz CT molecular complexity index is 1380. The van der Waals surface area contributed by atoms with Crippen LogP contribution in [0.5, 0.6) is 0 Å². The zero-order valence-corrected chi connectivity index (χ0v) is 16.4. The summed E-state index contributed by atoms with van der Waals surface area (Å²) in [6, 6.07) is 19.9. The molecule has 0 radical (unpaired) electrons. The fourth-order valence-corrected chi connectivity index (χ4v) is 5.02. The van der Waals surface area contributed by atoms with Gasteiger partial charge in [-0.25, -0.2) is 9.13 Å². The van der Waals surface area contributed by atoms with E-state index < -0.39 is 0 Å². The molecule has 0 amide bonds. The van der Waals surface area contributed by atoms with Crippen LogP contribution in [0.1, 0.15) is 16.7 Å². The lowest BCUT2D eigenvalue weighted by molar-refractivity contribution is -0.634. The minimum Gasteiger partial charge on any atom is -0.324 e. The number of nitrogens with zero attached hydrogens (tertiary/aromatic N) is 3. The van der Waals surface area contributed by atoms with Crippen LogP contribution in [0, 0.1) is 6.92 Å². The summed E-state index contributed by atoms with van der Waals surface area (Å²) in [6.07, 6.45) is 5.43. The van der Waals surface area contributed by atoms with Crippen molar-refractivity contribution in [3.05, 3.63) is 83.7 Å². The van der Waals surface area contributed by atoms with Crippen molar-refractivity contribution in [2.45, 2.75) is 13.3 Å². The van der Waals surface area contributed by atoms with Gasteiger partial charge in [0.2, 0.25) is 0 Å². The molecule has 6 rings (SSSR count). The maximum absolute atomic E-state index is 2.35. The summed E-state index contributed by atoms with van der Waals surface area (Å²) in [4.78, 5) is 0. The van der Waals surface area contributed by atoms with Crippen LogP contribution in [0.2, 0.25) is 0 Å². The lowest BCUT2D eigenvalue weighted by atomic mass is 9.95. The van der Waals surface area contributed by atoms with Crippen LogP contribution in [0.3, 0.4) is 0 Å². The van der Waals surface area contributed by atoms with E-state index in [1.54, 1.807) is 0 Å². The summed E-state index contributed by atoms with van der Waals surface area (Å²) in [7, 11) is 4.37. The molecule has 0 atom stereocenters. The quantitative estimate of drug-likeness (QED) is 0.372. The third-order valence-corrected chi connectivity index (χ3v) is 6.36. The van der Waals surface area contributed by atoms with E-state index in [1.807, 2.05) is 0 Å². The van der Waals surface area contributed by atoms with E-state index in [-0.39, 0.29) is 0 Å². The molecule has 1 aliphatic carbocycles. The van der Waals surface area contributed by atoms with Crippen molar-refractivity contribution in [2.75, 3.05) is 0 Å². The van der Waals surface area contributed by atoms with Crippen LogP contribution >= 0.6 is 0 Å². The van der Waals surface area contributed by atoms with Gasteiger partial charge >= 0.3 is 0 Å². The molecule has 0 unspecified atom stereocenters. The maximum atomic E-state index is 2.35. The summed E-state index contributed by atoms with van der Waals surface area (Å²) in [6.45, 7) is 2.24. The zero-order chi connectivity index (χ0) is 19.0. The number of para-hydroxylation sites is 2. The van der Waals surface area contributed by atoms with Gasteiger partial charge in [-0.05, 0) is 59.5 Å². The molecule has 0 spiro atoms. The highest BCUT2D eigenvalue weighted by Gasteiger charge is 2.31. The second kappa shape index (κ2) is 5.35.